The van der Waals surface area contributed by atoms with E-state index in [1.807, 2.05) is 0 Å². The number of phenols is 1. The van der Waals surface area contributed by atoms with Crippen molar-refractivity contribution in [3.63, 3.8) is 0 Å². The molecule has 0 bridgehead atoms. The average molecular weight is 346 g/mol. The SMILES string of the molecule is C[C@H](N)C(=O)N1CCC([C@@H](N)c2cc(Cl)c(Cl)cc2O)CC1. The molecule has 1 aliphatic rings. The normalized spacial score (nSPS) is 19.0. The van der Waals surface area contributed by atoms with Crippen LogP contribution in [-0.4, -0.2) is 35.0 Å². The largest absolute Gasteiger partial charge is 0.508 e. The van der Waals surface area contributed by atoms with Crippen LogP contribution in [0.3, 0.4) is 0 Å². The topological polar surface area (TPSA) is 92.6 Å². The summed E-state index contributed by atoms with van der Waals surface area (Å²) in [6, 6.07) is 2.20. The van der Waals surface area contributed by atoms with E-state index in [2.05, 4.69) is 0 Å². The molecule has 0 saturated carbocycles. The maximum atomic E-state index is 11.9. The van der Waals surface area contributed by atoms with Gasteiger partial charge in [0.2, 0.25) is 5.91 Å². The second-order valence-corrected chi connectivity index (χ2v) is 6.62. The first-order chi connectivity index (χ1) is 10.3. The lowest BCUT2D eigenvalue weighted by Crippen LogP contribution is -2.47. The van der Waals surface area contributed by atoms with Crippen molar-refractivity contribution in [1.29, 1.82) is 0 Å². The zero-order valence-electron chi connectivity index (χ0n) is 12.4. The maximum absolute atomic E-state index is 11.9. The lowest BCUT2D eigenvalue weighted by Gasteiger charge is -2.35. The van der Waals surface area contributed by atoms with Crippen LogP contribution < -0.4 is 11.5 Å². The number of piperidine rings is 1. The summed E-state index contributed by atoms with van der Waals surface area (Å²) < 4.78 is 0. The van der Waals surface area contributed by atoms with Gasteiger partial charge in [-0.1, -0.05) is 23.2 Å². The number of benzene rings is 1. The van der Waals surface area contributed by atoms with Crippen LogP contribution in [0.2, 0.25) is 10.0 Å². The van der Waals surface area contributed by atoms with Gasteiger partial charge in [0.05, 0.1) is 16.1 Å². The van der Waals surface area contributed by atoms with Crippen LogP contribution in [-0.2, 0) is 4.79 Å². The standard InChI is InChI=1S/C15H21Cl2N3O2/c1-8(18)15(22)20-4-2-9(3-5-20)14(19)10-6-11(16)12(17)7-13(10)21/h6-9,14,21H,2-5,18-19H2,1H3/t8-,14+/m0/s1. The number of phenolic OH excluding ortho intramolecular Hbond substituents is 1. The third kappa shape index (κ3) is 3.66. The highest BCUT2D eigenvalue weighted by Gasteiger charge is 2.29. The van der Waals surface area contributed by atoms with Gasteiger partial charge in [0.25, 0.3) is 0 Å². The molecule has 1 fully saturated rings. The molecule has 2 rings (SSSR count). The molecule has 0 aliphatic carbocycles. The number of amides is 1. The molecule has 1 aromatic rings. The molecule has 122 valence electrons. The smallest absolute Gasteiger partial charge is 0.239 e. The van der Waals surface area contributed by atoms with Gasteiger partial charge in [-0.15, -0.1) is 0 Å². The van der Waals surface area contributed by atoms with Crippen molar-refractivity contribution in [2.75, 3.05) is 13.1 Å². The minimum atomic E-state index is -0.482. The molecule has 5 N–H and O–H groups in total. The molecule has 1 heterocycles. The number of nitrogens with zero attached hydrogens (tertiary/aromatic N) is 1. The molecular weight excluding hydrogens is 325 g/mol. The molecule has 1 aliphatic heterocycles. The Morgan fingerprint density at radius 1 is 1.27 bits per heavy atom. The molecule has 1 saturated heterocycles. The van der Waals surface area contributed by atoms with Gasteiger partial charge in [-0.3, -0.25) is 4.79 Å². The Labute approximate surface area is 140 Å². The van der Waals surface area contributed by atoms with E-state index in [1.54, 1.807) is 17.9 Å². The van der Waals surface area contributed by atoms with E-state index >= 15 is 0 Å². The van der Waals surface area contributed by atoms with Crippen LogP contribution in [0.1, 0.15) is 31.4 Å². The van der Waals surface area contributed by atoms with Gasteiger partial charge in [0.15, 0.2) is 0 Å². The summed E-state index contributed by atoms with van der Waals surface area (Å²) in [5.41, 5.74) is 12.5. The van der Waals surface area contributed by atoms with Crippen molar-refractivity contribution in [2.24, 2.45) is 17.4 Å². The summed E-state index contributed by atoms with van der Waals surface area (Å²) in [6.45, 7) is 2.94. The van der Waals surface area contributed by atoms with Crippen molar-refractivity contribution in [3.8, 4) is 5.75 Å². The Kier molecular flexibility index (Phi) is 5.55. The van der Waals surface area contributed by atoms with Crippen LogP contribution in [0.25, 0.3) is 0 Å². The molecule has 22 heavy (non-hydrogen) atoms. The van der Waals surface area contributed by atoms with E-state index in [4.69, 9.17) is 34.7 Å². The molecule has 7 heteroatoms. The predicted octanol–water partition coefficient (Wildman–Crippen LogP) is 2.28. The third-order valence-corrected chi connectivity index (χ3v) is 4.90. The third-order valence-electron chi connectivity index (χ3n) is 4.18. The van der Waals surface area contributed by atoms with Gasteiger partial charge in [0.1, 0.15) is 5.75 Å². The van der Waals surface area contributed by atoms with Crippen LogP contribution in [0, 0.1) is 5.92 Å². The second kappa shape index (κ2) is 7.04. The van der Waals surface area contributed by atoms with E-state index in [-0.39, 0.29) is 23.6 Å². The number of hydrogen-bond donors (Lipinski definition) is 3. The minimum Gasteiger partial charge on any atom is -0.508 e. The fourth-order valence-electron chi connectivity index (χ4n) is 2.84. The molecule has 0 aromatic heterocycles. The fraction of sp³-hybridized carbons (Fsp3) is 0.533. The fourth-order valence-corrected chi connectivity index (χ4v) is 3.17. The number of hydrogen-bond acceptors (Lipinski definition) is 4. The molecule has 0 spiro atoms. The lowest BCUT2D eigenvalue weighted by molar-refractivity contribution is -0.133. The number of likely N-dealkylation sites (tertiary alicyclic amines) is 1. The number of rotatable bonds is 3. The van der Waals surface area contributed by atoms with E-state index in [0.29, 0.717) is 28.7 Å². The van der Waals surface area contributed by atoms with Gasteiger partial charge in [-0.25, -0.2) is 0 Å². The summed E-state index contributed by atoms with van der Waals surface area (Å²) in [4.78, 5) is 13.6. The van der Waals surface area contributed by atoms with Crippen LogP contribution in [0.15, 0.2) is 12.1 Å². The number of nitrogens with two attached hydrogens (primary N) is 2. The predicted molar refractivity (Wildman–Crippen MR) is 88.0 cm³/mol. The highest BCUT2D eigenvalue weighted by atomic mass is 35.5. The van der Waals surface area contributed by atoms with Crippen molar-refractivity contribution in [2.45, 2.75) is 31.8 Å². The number of halogens is 2. The van der Waals surface area contributed by atoms with Crippen LogP contribution in [0.5, 0.6) is 5.75 Å². The highest BCUT2D eigenvalue weighted by Crippen LogP contribution is 2.37. The van der Waals surface area contributed by atoms with E-state index in [0.717, 1.165) is 12.8 Å². The molecule has 0 unspecified atom stereocenters. The number of carbonyl (C=O) groups is 1. The molecule has 1 aromatic carbocycles. The summed E-state index contributed by atoms with van der Waals surface area (Å²) in [5, 5.41) is 10.7. The zero-order chi connectivity index (χ0) is 16.4. The van der Waals surface area contributed by atoms with E-state index < -0.39 is 6.04 Å². The first-order valence-corrected chi connectivity index (χ1v) is 8.04. The van der Waals surface area contributed by atoms with Gasteiger partial charge in [-0.05, 0) is 31.7 Å². The van der Waals surface area contributed by atoms with Gasteiger partial charge in [-0.2, -0.15) is 0 Å². The zero-order valence-corrected chi connectivity index (χ0v) is 13.9. The Morgan fingerprint density at radius 3 is 2.36 bits per heavy atom. The van der Waals surface area contributed by atoms with Gasteiger partial charge < -0.3 is 21.5 Å². The Hall–Kier alpha value is -1.01. The van der Waals surface area contributed by atoms with Crippen molar-refractivity contribution >= 4 is 29.1 Å². The second-order valence-electron chi connectivity index (χ2n) is 5.80. The summed E-state index contributed by atoms with van der Waals surface area (Å²) in [6.07, 6.45) is 1.53. The number of carbonyl (C=O) groups excluding carboxylic acids is 1. The molecule has 0 radical (unpaired) electrons. The van der Waals surface area contributed by atoms with Crippen molar-refractivity contribution < 1.29 is 9.90 Å². The number of aromatic hydroxyl groups is 1. The molecule has 5 nitrogen and oxygen atoms in total. The average Bonchev–Trinajstić information content (AvgIpc) is 2.49. The highest BCUT2D eigenvalue weighted by molar-refractivity contribution is 6.42. The summed E-state index contributed by atoms with van der Waals surface area (Å²) >= 11 is 11.9. The van der Waals surface area contributed by atoms with Crippen LogP contribution in [0.4, 0.5) is 0 Å². The van der Waals surface area contributed by atoms with Crippen molar-refractivity contribution in [1.82, 2.24) is 4.90 Å². The Balaban J connectivity index is 2.05. The molecular formula is C15H21Cl2N3O2. The monoisotopic (exact) mass is 345 g/mol. The van der Waals surface area contributed by atoms with Crippen molar-refractivity contribution in [3.05, 3.63) is 27.7 Å². The summed E-state index contributed by atoms with van der Waals surface area (Å²) in [5.74, 6) is 0.181. The molecule has 2 atom stereocenters. The lowest BCUT2D eigenvalue weighted by atomic mass is 9.85. The maximum Gasteiger partial charge on any atom is 0.239 e. The van der Waals surface area contributed by atoms with Crippen LogP contribution >= 0.6 is 23.2 Å². The molecule has 1 amide bonds. The Bertz CT molecular complexity index is 558. The van der Waals surface area contributed by atoms with E-state index in [1.165, 1.54) is 6.07 Å². The first-order valence-electron chi connectivity index (χ1n) is 7.29. The van der Waals surface area contributed by atoms with Gasteiger partial charge >= 0.3 is 0 Å². The Morgan fingerprint density at radius 2 is 1.82 bits per heavy atom. The quantitative estimate of drug-likeness (QED) is 0.783. The summed E-state index contributed by atoms with van der Waals surface area (Å²) in [7, 11) is 0. The van der Waals surface area contributed by atoms with Gasteiger partial charge in [0, 0.05) is 30.8 Å². The minimum absolute atomic E-state index is 0.0376. The first kappa shape index (κ1) is 17.3. The van der Waals surface area contributed by atoms with E-state index in [9.17, 15) is 9.90 Å².